The minimum absolute atomic E-state index is 0.241. The molecule has 0 aliphatic carbocycles. The van der Waals surface area contributed by atoms with Gasteiger partial charge in [-0.15, -0.1) is 0 Å². The molecule has 0 fully saturated rings. The van der Waals surface area contributed by atoms with Gasteiger partial charge in [0.15, 0.2) is 0 Å². The smallest absolute Gasteiger partial charge is 0.122 e. The van der Waals surface area contributed by atoms with Crippen molar-refractivity contribution in [3.05, 3.63) is 28.3 Å². The second kappa shape index (κ2) is 6.76. The van der Waals surface area contributed by atoms with Crippen molar-refractivity contribution >= 4 is 0 Å². The average molecular weight is 251 g/mol. The molecule has 0 saturated heterocycles. The van der Waals surface area contributed by atoms with Crippen LogP contribution in [0.1, 0.15) is 41.1 Å². The Morgan fingerprint density at radius 3 is 2.44 bits per heavy atom. The molecule has 18 heavy (non-hydrogen) atoms. The van der Waals surface area contributed by atoms with E-state index in [2.05, 4.69) is 32.2 Å². The molecule has 102 valence electrons. The third kappa shape index (κ3) is 3.03. The fourth-order valence-electron chi connectivity index (χ4n) is 2.54. The maximum absolute atomic E-state index is 8.99. The summed E-state index contributed by atoms with van der Waals surface area (Å²) in [4.78, 5) is 0. The van der Waals surface area contributed by atoms with Gasteiger partial charge in [-0.25, -0.2) is 0 Å². The van der Waals surface area contributed by atoms with Crippen LogP contribution in [0.25, 0.3) is 0 Å². The number of hydrogen-bond acceptors (Lipinski definition) is 3. The van der Waals surface area contributed by atoms with E-state index in [0.29, 0.717) is 6.04 Å². The zero-order valence-corrected chi connectivity index (χ0v) is 12.1. The summed E-state index contributed by atoms with van der Waals surface area (Å²) in [7, 11) is 3.68. The van der Waals surface area contributed by atoms with Crippen molar-refractivity contribution in [1.29, 1.82) is 0 Å². The molecule has 0 saturated carbocycles. The maximum atomic E-state index is 8.99. The number of hydrogen-bond donors (Lipinski definition) is 2. The normalized spacial score (nSPS) is 12.6. The molecule has 0 amide bonds. The third-order valence-electron chi connectivity index (χ3n) is 3.68. The van der Waals surface area contributed by atoms with Gasteiger partial charge in [0.25, 0.3) is 0 Å². The molecular weight excluding hydrogens is 226 g/mol. The number of ether oxygens (including phenoxy) is 1. The van der Waals surface area contributed by atoms with Crippen LogP contribution in [0.3, 0.4) is 0 Å². The molecule has 3 nitrogen and oxygen atoms in total. The summed E-state index contributed by atoms with van der Waals surface area (Å²) in [5.41, 5.74) is 5.06. The van der Waals surface area contributed by atoms with Crippen LogP contribution in [0.5, 0.6) is 5.75 Å². The second-order valence-corrected chi connectivity index (χ2v) is 4.77. The van der Waals surface area contributed by atoms with E-state index in [1.54, 1.807) is 7.11 Å². The van der Waals surface area contributed by atoms with E-state index in [9.17, 15) is 0 Å². The average Bonchev–Trinajstić information content (AvgIpc) is 2.37. The molecule has 0 aliphatic rings. The summed E-state index contributed by atoms with van der Waals surface area (Å²) >= 11 is 0. The van der Waals surface area contributed by atoms with Gasteiger partial charge >= 0.3 is 0 Å². The second-order valence-electron chi connectivity index (χ2n) is 4.77. The molecule has 3 heteroatoms. The van der Waals surface area contributed by atoms with Gasteiger partial charge in [-0.2, -0.15) is 0 Å². The summed E-state index contributed by atoms with van der Waals surface area (Å²) in [5, 5.41) is 12.3. The van der Waals surface area contributed by atoms with Crippen molar-refractivity contribution in [2.75, 3.05) is 20.8 Å². The predicted octanol–water partition coefficient (Wildman–Crippen LogP) is 2.65. The highest BCUT2D eigenvalue weighted by atomic mass is 16.5. The zero-order chi connectivity index (χ0) is 13.7. The van der Waals surface area contributed by atoms with E-state index >= 15 is 0 Å². The molecule has 0 aliphatic heterocycles. The Morgan fingerprint density at radius 1 is 1.28 bits per heavy atom. The van der Waals surface area contributed by atoms with Crippen LogP contribution in [-0.4, -0.2) is 25.9 Å². The fourth-order valence-corrected chi connectivity index (χ4v) is 2.54. The minimum atomic E-state index is 0.241. The zero-order valence-electron chi connectivity index (χ0n) is 12.1. The first-order valence-electron chi connectivity index (χ1n) is 6.49. The SMILES string of the molecule is CNC(CCCO)c1c(C)cc(OC)c(C)c1C. The van der Waals surface area contributed by atoms with Crippen LogP contribution in [0.2, 0.25) is 0 Å². The number of aliphatic hydroxyl groups excluding tert-OH is 1. The largest absolute Gasteiger partial charge is 0.496 e. The van der Waals surface area contributed by atoms with Crippen LogP contribution >= 0.6 is 0 Å². The van der Waals surface area contributed by atoms with Gasteiger partial charge in [-0.3, -0.25) is 0 Å². The van der Waals surface area contributed by atoms with Gasteiger partial charge < -0.3 is 15.2 Å². The minimum Gasteiger partial charge on any atom is -0.496 e. The number of aryl methyl sites for hydroxylation is 1. The Labute approximate surface area is 110 Å². The molecule has 1 rings (SSSR count). The van der Waals surface area contributed by atoms with Crippen molar-refractivity contribution < 1.29 is 9.84 Å². The van der Waals surface area contributed by atoms with E-state index in [1.807, 2.05) is 7.05 Å². The monoisotopic (exact) mass is 251 g/mol. The lowest BCUT2D eigenvalue weighted by Crippen LogP contribution is -2.19. The van der Waals surface area contributed by atoms with E-state index < -0.39 is 0 Å². The molecule has 0 spiro atoms. The summed E-state index contributed by atoms with van der Waals surface area (Å²) in [6.07, 6.45) is 1.76. The fraction of sp³-hybridized carbons (Fsp3) is 0.600. The van der Waals surface area contributed by atoms with Gasteiger partial charge in [-0.05, 0) is 69.0 Å². The Bertz CT molecular complexity index is 402. The van der Waals surface area contributed by atoms with E-state index in [-0.39, 0.29) is 6.61 Å². The van der Waals surface area contributed by atoms with Gasteiger partial charge in [0.1, 0.15) is 5.75 Å². The maximum Gasteiger partial charge on any atom is 0.122 e. The third-order valence-corrected chi connectivity index (χ3v) is 3.68. The summed E-state index contributed by atoms with van der Waals surface area (Å²) in [6, 6.07) is 2.39. The van der Waals surface area contributed by atoms with Crippen molar-refractivity contribution in [2.45, 2.75) is 39.7 Å². The highest BCUT2D eigenvalue weighted by Gasteiger charge is 2.17. The van der Waals surface area contributed by atoms with E-state index in [0.717, 1.165) is 18.6 Å². The van der Waals surface area contributed by atoms with Crippen LogP contribution in [-0.2, 0) is 0 Å². The molecule has 0 aromatic heterocycles. The first-order valence-corrected chi connectivity index (χ1v) is 6.49. The number of benzene rings is 1. The topological polar surface area (TPSA) is 41.5 Å². The lowest BCUT2D eigenvalue weighted by Gasteiger charge is -2.23. The molecule has 1 atom stereocenters. The van der Waals surface area contributed by atoms with E-state index in [1.165, 1.54) is 22.3 Å². The van der Waals surface area contributed by atoms with Gasteiger partial charge in [-0.1, -0.05) is 0 Å². The standard InChI is InChI=1S/C15H25NO2/c1-10-9-14(18-5)11(2)12(3)15(10)13(16-4)7-6-8-17/h9,13,16-17H,6-8H2,1-5H3. The van der Waals surface area contributed by atoms with Crippen LogP contribution in [0.4, 0.5) is 0 Å². The highest BCUT2D eigenvalue weighted by molar-refractivity contribution is 5.49. The number of rotatable bonds is 6. The molecule has 1 unspecified atom stereocenters. The molecular formula is C15H25NO2. The van der Waals surface area contributed by atoms with Crippen LogP contribution < -0.4 is 10.1 Å². The van der Waals surface area contributed by atoms with Gasteiger partial charge in [0.05, 0.1) is 7.11 Å². The Balaban J connectivity index is 3.18. The van der Waals surface area contributed by atoms with Gasteiger partial charge in [0, 0.05) is 12.6 Å². The van der Waals surface area contributed by atoms with E-state index in [4.69, 9.17) is 9.84 Å². The molecule has 1 aromatic rings. The summed E-state index contributed by atoms with van der Waals surface area (Å²) < 4.78 is 5.40. The number of aliphatic hydroxyl groups is 1. The lowest BCUT2D eigenvalue weighted by molar-refractivity contribution is 0.276. The van der Waals surface area contributed by atoms with Crippen molar-refractivity contribution in [3.63, 3.8) is 0 Å². The summed E-state index contributed by atoms with van der Waals surface area (Å²) in [6.45, 7) is 6.60. The highest BCUT2D eigenvalue weighted by Crippen LogP contribution is 2.32. The van der Waals surface area contributed by atoms with Gasteiger partial charge in [0.2, 0.25) is 0 Å². The molecule has 0 radical (unpaired) electrons. The van der Waals surface area contributed by atoms with Crippen molar-refractivity contribution in [2.24, 2.45) is 0 Å². The molecule has 0 heterocycles. The molecule has 0 bridgehead atoms. The molecule has 1 aromatic carbocycles. The Kier molecular flexibility index (Phi) is 5.63. The first-order chi connectivity index (χ1) is 8.56. The molecule has 2 N–H and O–H groups in total. The summed E-state index contributed by atoms with van der Waals surface area (Å²) in [5.74, 6) is 0.950. The first kappa shape index (κ1) is 15.0. The number of nitrogens with one attached hydrogen (secondary N) is 1. The van der Waals surface area contributed by atoms with Crippen LogP contribution in [0.15, 0.2) is 6.07 Å². The van der Waals surface area contributed by atoms with Crippen molar-refractivity contribution in [1.82, 2.24) is 5.32 Å². The lowest BCUT2D eigenvalue weighted by atomic mass is 9.90. The number of methoxy groups -OCH3 is 1. The quantitative estimate of drug-likeness (QED) is 0.816. The van der Waals surface area contributed by atoms with Crippen molar-refractivity contribution in [3.8, 4) is 5.75 Å². The Hall–Kier alpha value is -1.06. The predicted molar refractivity (Wildman–Crippen MR) is 75.3 cm³/mol. The Morgan fingerprint density at radius 2 is 1.94 bits per heavy atom. The van der Waals surface area contributed by atoms with Crippen LogP contribution in [0, 0.1) is 20.8 Å².